The van der Waals surface area contributed by atoms with Gasteiger partial charge in [0.25, 0.3) is 0 Å². The zero-order chi connectivity index (χ0) is 16.1. The van der Waals surface area contributed by atoms with Crippen molar-refractivity contribution in [2.45, 2.75) is 32.7 Å². The Bertz CT molecular complexity index is 573. The second-order valence-electron chi connectivity index (χ2n) is 5.62. The standard InChI is InChI=1S/C17H21FN2O2/c1-12(14-3-5-15(18)6-4-14)11-17(22)19-16-7-9-20(10-8-16)13(2)21/h3-6,11,16H,7-10H2,1-2H3,(H,19,22)/b12-11-. The average Bonchev–Trinajstić information content (AvgIpc) is 2.48. The lowest BCUT2D eigenvalue weighted by atomic mass is 10.0. The lowest BCUT2D eigenvalue weighted by Gasteiger charge is -2.31. The molecule has 1 aromatic carbocycles. The number of carbonyl (C=O) groups excluding carboxylic acids is 2. The molecule has 2 amide bonds. The number of hydrogen-bond donors (Lipinski definition) is 1. The number of piperidine rings is 1. The summed E-state index contributed by atoms with van der Waals surface area (Å²) in [6.07, 6.45) is 3.08. The van der Waals surface area contributed by atoms with Gasteiger partial charge in [-0.2, -0.15) is 0 Å². The van der Waals surface area contributed by atoms with E-state index in [4.69, 9.17) is 0 Å². The molecule has 1 saturated heterocycles. The summed E-state index contributed by atoms with van der Waals surface area (Å²) in [5, 5.41) is 2.96. The van der Waals surface area contributed by atoms with Crippen molar-refractivity contribution in [3.05, 3.63) is 41.7 Å². The zero-order valence-corrected chi connectivity index (χ0v) is 12.9. The van der Waals surface area contributed by atoms with Crippen LogP contribution in [0.5, 0.6) is 0 Å². The first-order valence-corrected chi connectivity index (χ1v) is 7.46. The van der Waals surface area contributed by atoms with Crippen molar-refractivity contribution >= 4 is 17.4 Å². The Morgan fingerprint density at radius 3 is 2.32 bits per heavy atom. The molecule has 2 rings (SSSR count). The summed E-state index contributed by atoms with van der Waals surface area (Å²) < 4.78 is 12.9. The molecule has 1 aliphatic rings. The van der Waals surface area contributed by atoms with E-state index in [0.29, 0.717) is 13.1 Å². The maximum Gasteiger partial charge on any atom is 0.244 e. The average molecular weight is 304 g/mol. The van der Waals surface area contributed by atoms with Gasteiger partial charge in [0.1, 0.15) is 5.82 Å². The van der Waals surface area contributed by atoms with E-state index in [-0.39, 0.29) is 23.7 Å². The highest BCUT2D eigenvalue weighted by Crippen LogP contribution is 2.15. The Kier molecular flexibility index (Phi) is 5.31. The summed E-state index contributed by atoms with van der Waals surface area (Å²) in [4.78, 5) is 25.1. The van der Waals surface area contributed by atoms with Gasteiger partial charge in [0, 0.05) is 32.1 Å². The Morgan fingerprint density at radius 1 is 1.18 bits per heavy atom. The van der Waals surface area contributed by atoms with Crippen LogP contribution >= 0.6 is 0 Å². The fourth-order valence-electron chi connectivity index (χ4n) is 2.57. The first kappa shape index (κ1) is 16.2. The quantitative estimate of drug-likeness (QED) is 0.872. The third-order valence-corrected chi connectivity index (χ3v) is 3.93. The molecule has 0 bridgehead atoms. The molecule has 0 aliphatic carbocycles. The van der Waals surface area contributed by atoms with E-state index in [2.05, 4.69) is 5.32 Å². The molecule has 1 heterocycles. The molecular weight excluding hydrogens is 283 g/mol. The van der Waals surface area contributed by atoms with Crippen LogP contribution in [0.25, 0.3) is 5.57 Å². The van der Waals surface area contributed by atoms with Crippen molar-refractivity contribution in [3.63, 3.8) is 0 Å². The normalized spacial score (nSPS) is 16.5. The van der Waals surface area contributed by atoms with Gasteiger partial charge in [-0.3, -0.25) is 9.59 Å². The van der Waals surface area contributed by atoms with Crippen molar-refractivity contribution in [1.82, 2.24) is 10.2 Å². The Morgan fingerprint density at radius 2 is 1.77 bits per heavy atom. The molecule has 0 unspecified atom stereocenters. The van der Waals surface area contributed by atoms with Crippen LogP contribution < -0.4 is 5.32 Å². The molecule has 22 heavy (non-hydrogen) atoms. The van der Waals surface area contributed by atoms with Crippen LogP contribution in [0.2, 0.25) is 0 Å². The molecule has 1 N–H and O–H groups in total. The van der Waals surface area contributed by atoms with Gasteiger partial charge in [-0.25, -0.2) is 4.39 Å². The number of nitrogens with zero attached hydrogens (tertiary/aromatic N) is 1. The molecule has 5 heteroatoms. The molecule has 0 saturated carbocycles. The molecule has 118 valence electrons. The van der Waals surface area contributed by atoms with E-state index in [1.807, 2.05) is 6.92 Å². The zero-order valence-electron chi connectivity index (χ0n) is 12.9. The van der Waals surface area contributed by atoms with E-state index in [1.165, 1.54) is 18.2 Å². The predicted octanol–water partition coefficient (Wildman–Crippen LogP) is 2.36. The third kappa shape index (κ3) is 4.41. The van der Waals surface area contributed by atoms with Crippen LogP contribution in [0.1, 0.15) is 32.3 Å². The highest BCUT2D eigenvalue weighted by atomic mass is 19.1. The SMILES string of the molecule is CC(=O)N1CCC(NC(=O)/C=C(/C)c2ccc(F)cc2)CC1. The predicted molar refractivity (Wildman–Crippen MR) is 83.5 cm³/mol. The molecule has 1 aromatic rings. The summed E-state index contributed by atoms with van der Waals surface area (Å²) in [6, 6.07) is 6.16. The van der Waals surface area contributed by atoms with Crippen molar-refractivity contribution < 1.29 is 14.0 Å². The minimum absolute atomic E-state index is 0.0804. The van der Waals surface area contributed by atoms with E-state index in [0.717, 1.165) is 24.0 Å². The van der Waals surface area contributed by atoms with Crippen LogP contribution in [0, 0.1) is 5.82 Å². The van der Waals surface area contributed by atoms with Crippen molar-refractivity contribution in [1.29, 1.82) is 0 Å². The van der Waals surface area contributed by atoms with Crippen molar-refractivity contribution in [3.8, 4) is 0 Å². The molecule has 1 aliphatic heterocycles. The summed E-state index contributed by atoms with van der Waals surface area (Å²) in [6.45, 7) is 4.75. The number of hydrogen-bond acceptors (Lipinski definition) is 2. The number of nitrogens with one attached hydrogen (secondary N) is 1. The number of allylic oxidation sites excluding steroid dienone is 1. The number of likely N-dealkylation sites (tertiary alicyclic amines) is 1. The maximum atomic E-state index is 12.9. The van der Waals surface area contributed by atoms with E-state index >= 15 is 0 Å². The highest BCUT2D eigenvalue weighted by molar-refractivity contribution is 5.95. The number of amides is 2. The van der Waals surface area contributed by atoms with Gasteiger partial charge < -0.3 is 10.2 Å². The van der Waals surface area contributed by atoms with E-state index in [9.17, 15) is 14.0 Å². The van der Waals surface area contributed by atoms with Crippen LogP contribution in [-0.2, 0) is 9.59 Å². The van der Waals surface area contributed by atoms with Crippen molar-refractivity contribution in [2.75, 3.05) is 13.1 Å². The molecule has 4 nitrogen and oxygen atoms in total. The van der Waals surface area contributed by atoms with Gasteiger partial charge in [-0.05, 0) is 43.0 Å². The van der Waals surface area contributed by atoms with Crippen LogP contribution in [0.15, 0.2) is 30.3 Å². The number of rotatable bonds is 3. The lowest BCUT2D eigenvalue weighted by Crippen LogP contribution is -2.45. The lowest BCUT2D eigenvalue weighted by molar-refractivity contribution is -0.129. The summed E-state index contributed by atoms with van der Waals surface area (Å²) >= 11 is 0. The highest BCUT2D eigenvalue weighted by Gasteiger charge is 2.21. The van der Waals surface area contributed by atoms with Crippen LogP contribution in [-0.4, -0.2) is 35.8 Å². The molecule has 0 aromatic heterocycles. The molecule has 0 radical (unpaired) electrons. The van der Waals surface area contributed by atoms with E-state index < -0.39 is 0 Å². The second kappa shape index (κ2) is 7.20. The number of halogens is 1. The van der Waals surface area contributed by atoms with Crippen LogP contribution in [0.4, 0.5) is 4.39 Å². The Hall–Kier alpha value is -2.17. The fraction of sp³-hybridized carbons (Fsp3) is 0.412. The first-order chi connectivity index (χ1) is 10.5. The topological polar surface area (TPSA) is 49.4 Å². The van der Waals surface area contributed by atoms with Crippen molar-refractivity contribution in [2.24, 2.45) is 0 Å². The van der Waals surface area contributed by atoms with Gasteiger partial charge in [0.05, 0.1) is 0 Å². The fourth-order valence-corrected chi connectivity index (χ4v) is 2.57. The summed E-state index contributed by atoms with van der Waals surface area (Å²) in [7, 11) is 0. The number of benzene rings is 1. The second-order valence-corrected chi connectivity index (χ2v) is 5.62. The van der Waals surface area contributed by atoms with Gasteiger partial charge in [-0.15, -0.1) is 0 Å². The third-order valence-electron chi connectivity index (χ3n) is 3.93. The van der Waals surface area contributed by atoms with Gasteiger partial charge in [-0.1, -0.05) is 12.1 Å². The Balaban J connectivity index is 1.89. The molecular formula is C17H21FN2O2. The molecule has 0 spiro atoms. The first-order valence-electron chi connectivity index (χ1n) is 7.46. The van der Waals surface area contributed by atoms with Crippen LogP contribution in [0.3, 0.4) is 0 Å². The Labute approximate surface area is 130 Å². The molecule has 1 fully saturated rings. The largest absolute Gasteiger partial charge is 0.350 e. The summed E-state index contributed by atoms with van der Waals surface area (Å²) in [5.41, 5.74) is 1.61. The summed E-state index contributed by atoms with van der Waals surface area (Å²) in [5.74, 6) is -0.363. The van der Waals surface area contributed by atoms with Gasteiger partial charge in [0.2, 0.25) is 11.8 Å². The number of carbonyl (C=O) groups is 2. The van der Waals surface area contributed by atoms with Gasteiger partial charge in [0.15, 0.2) is 0 Å². The minimum atomic E-state index is -0.293. The minimum Gasteiger partial charge on any atom is -0.350 e. The molecule has 0 atom stereocenters. The van der Waals surface area contributed by atoms with E-state index in [1.54, 1.807) is 24.0 Å². The smallest absolute Gasteiger partial charge is 0.244 e. The maximum absolute atomic E-state index is 12.9. The van der Waals surface area contributed by atoms with Gasteiger partial charge >= 0.3 is 0 Å². The monoisotopic (exact) mass is 304 g/mol.